The minimum Gasteiger partial charge on any atom is -0.327 e. The van der Waals surface area contributed by atoms with Crippen LogP contribution in [0.25, 0.3) is 21.1 Å². The summed E-state index contributed by atoms with van der Waals surface area (Å²) in [6.07, 6.45) is 3.23. The van der Waals surface area contributed by atoms with Crippen molar-refractivity contribution in [2.45, 2.75) is 25.3 Å². The van der Waals surface area contributed by atoms with Gasteiger partial charge in [0.1, 0.15) is 4.83 Å². The lowest BCUT2D eigenvalue weighted by Gasteiger charge is -2.17. The van der Waals surface area contributed by atoms with Crippen LogP contribution in [0.4, 0.5) is 0 Å². The van der Waals surface area contributed by atoms with Crippen LogP contribution in [0.2, 0.25) is 0 Å². The van der Waals surface area contributed by atoms with E-state index in [1.807, 2.05) is 17.4 Å². The highest BCUT2D eigenvalue weighted by Gasteiger charge is 2.21. The fraction of sp³-hybridized carbons (Fsp3) is 0.267. The Kier molecular flexibility index (Phi) is 2.19. The number of rotatable bonds is 0. The second-order valence-corrected chi connectivity index (χ2v) is 6.12. The van der Waals surface area contributed by atoms with Gasteiger partial charge in [-0.3, -0.25) is 0 Å². The lowest BCUT2D eigenvalue weighted by Crippen LogP contribution is -2.26. The summed E-state index contributed by atoms with van der Waals surface area (Å²) in [7, 11) is 0. The Hall–Kier alpha value is -1.45. The van der Waals surface area contributed by atoms with E-state index in [0.29, 0.717) is 6.04 Å². The molecule has 0 amide bonds. The van der Waals surface area contributed by atoms with Crippen molar-refractivity contribution in [1.82, 2.24) is 4.98 Å². The molecule has 2 N–H and O–H groups in total. The molecule has 0 saturated heterocycles. The van der Waals surface area contributed by atoms with E-state index in [4.69, 9.17) is 10.7 Å². The first-order valence-corrected chi connectivity index (χ1v) is 7.18. The molecule has 2 nitrogen and oxygen atoms in total. The van der Waals surface area contributed by atoms with E-state index in [1.54, 1.807) is 0 Å². The third-order valence-electron chi connectivity index (χ3n) is 3.78. The summed E-state index contributed by atoms with van der Waals surface area (Å²) < 4.78 is 0. The van der Waals surface area contributed by atoms with Gasteiger partial charge < -0.3 is 5.73 Å². The largest absolute Gasteiger partial charge is 0.327 e. The van der Waals surface area contributed by atoms with Crippen molar-refractivity contribution in [1.29, 1.82) is 0 Å². The molecule has 18 heavy (non-hydrogen) atoms. The molecule has 0 bridgehead atoms. The number of pyridine rings is 1. The number of aromatic nitrogens is 1. The van der Waals surface area contributed by atoms with Gasteiger partial charge in [0, 0.05) is 21.7 Å². The fourth-order valence-electron chi connectivity index (χ4n) is 2.83. The maximum Gasteiger partial charge on any atom is 0.124 e. The molecule has 4 rings (SSSR count). The lowest BCUT2D eigenvalue weighted by molar-refractivity contribution is 0.586. The fourth-order valence-corrected chi connectivity index (χ4v) is 4.13. The van der Waals surface area contributed by atoms with Gasteiger partial charge in [0.25, 0.3) is 0 Å². The first-order chi connectivity index (χ1) is 8.81. The van der Waals surface area contributed by atoms with E-state index in [1.165, 1.54) is 26.0 Å². The Labute approximate surface area is 109 Å². The minimum absolute atomic E-state index is 0.333. The van der Waals surface area contributed by atoms with E-state index in [9.17, 15) is 0 Å². The lowest BCUT2D eigenvalue weighted by atomic mass is 9.93. The summed E-state index contributed by atoms with van der Waals surface area (Å²) in [6, 6.07) is 11.0. The van der Waals surface area contributed by atoms with Crippen LogP contribution in [-0.4, -0.2) is 11.0 Å². The number of nitrogens with zero attached hydrogens (tertiary/aromatic N) is 1. The smallest absolute Gasteiger partial charge is 0.124 e. The van der Waals surface area contributed by atoms with Crippen molar-refractivity contribution in [2.75, 3.05) is 0 Å². The van der Waals surface area contributed by atoms with Crippen molar-refractivity contribution < 1.29 is 0 Å². The van der Waals surface area contributed by atoms with E-state index in [0.717, 1.165) is 24.8 Å². The average Bonchev–Trinajstić information content (AvgIpc) is 2.72. The van der Waals surface area contributed by atoms with Gasteiger partial charge in [-0.1, -0.05) is 18.2 Å². The normalized spacial score (nSPS) is 19.3. The number of fused-ring (bicyclic) bond motifs is 4. The standard InChI is InChI=1S/C15H14N2S/c16-10-5-6-11-12-7-9-3-1-2-4-13(9)17-15(12)18-14(11)8-10/h1-4,7,10H,5-6,8,16H2. The van der Waals surface area contributed by atoms with E-state index < -0.39 is 0 Å². The molecule has 3 aromatic rings. The van der Waals surface area contributed by atoms with Crippen LogP contribution in [-0.2, 0) is 12.8 Å². The molecule has 1 aliphatic rings. The Morgan fingerprint density at radius 1 is 1.28 bits per heavy atom. The van der Waals surface area contributed by atoms with Gasteiger partial charge in [-0.15, -0.1) is 11.3 Å². The molecule has 90 valence electrons. The molecule has 0 fully saturated rings. The monoisotopic (exact) mass is 254 g/mol. The number of thiophene rings is 1. The Balaban J connectivity index is 2.04. The Bertz CT molecular complexity index is 745. The highest BCUT2D eigenvalue weighted by Crippen LogP contribution is 2.36. The zero-order valence-electron chi connectivity index (χ0n) is 10.0. The second kappa shape index (κ2) is 3.77. The first kappa shape index (κ1) is 10.5. The van der Waals surface area contributed by atoms with Crippen LogP contribution in [0.3, 0.4) is 0 Å². The van der Waals surface area contributed by atoms with E-state index in [2.05, 4.69) is 24.3 Å². The summed E-state index contributed by atoms with van der Waals surface area (Å²) in [4.78, 5) is 7.41. The molecule has 2 aromatic heterocycles. The number of aryl methyl sites for hydroxylation is 1. The summed E-state index contributed by atoms with van der Waals surface area (Å²) in [6.45, 7) is 0. The zero-order chi connectivity index (χ0) is 12.1. The van der Waals surface area contributed by atoms with Crippen LogP contribution in [0, 0.1) is 0 Å². The third-order valence-corrected chi connectivity index (χ3v) is 4.95. The molecule has 0 radical (unpaired) electrons. The van der Waals surface area contributed by atoms with E-state index in [-0.39, 0.29) is 0 Å². The van der Waals surface area contributed by atoms with Gasteiger partial charge in [0.2, 0.25) is 0 Å². The maximum absolute atomic E-state index is 6.06. The Morgan fingerprint density at radius 2 is 2.17 bits per heavy atom. The van der Waals surface area contributed by atoms with Crippen LogP contribution >= 0.6 is 11.3 Å². The molecule has 1 atom stereocenters. The topological polar surface area (TPSA) is 38.9 Å². The van der Waals surface area contributed by atoms with Crippen molar-refractivity contribution in [3.05, 3.63) is 40.8 Å². The maximum atomic E-state index is 6.06. The van der Waals surface area contributed by atoms with Crippen molar-refractivity contribution in [3.63, 3.8) is 0 Å². The predicted octanol–water partition coefficient (Wildman–Crippen LogP) is 3.27. The molecule has 3 heteroatoms. The van der Waals surface area contributed by atoms with Gasteiger partial charge >= 0.3 is 0 Å². The van der Waals surface area contributed by atoms with Crippen LogP contribution < -0.4 is 5.73 Å². The number of hydrogen-bond acceptors (Lipinski definition) is 3. The molecule has 0 aliphatic heterocycles. The quantitative estimate of drug-likeness (QED) is 0.668. The van der Waals surface area contributed by atoms with Crippen LogP contribution in [0.1, 0.15) is 16.9 Å². The minimum atomic E-state index is 0.333. The number of para-hydroxylation sites is 1. The average molecular weight is 254 g/mol. The zero-order valence-corrected chi connectivity index (χ0v) is 10.8. The molecule has 0 spiro atoms. The van der Waals surface area contributed by atoms with Crippen molar-refractivity contribution in [3.8, 4) is 0 Å². The Morgan fingerprint density at radius 3 is 3.11 bits per heavy atom. The highest BCUT2D eigenvalue weighted by molar-refractivity contribution is 7.18. The molecule has 1 unspecified atom stereocenters. The summed E-state index contributed by atoms with van der Waals surface area (Å²) in [5.41, 5.74) is 8.64. The molecule has 1 aromatic carbocycles. The molecule has 2 heterocycles. The SMILES string of the molecule is NC1CCc2c(sc3nc4ccccc4cc23)C1. The van der Waals surface area contributed by atoms with Crippen molar-refractivity contribution >= 4 is 32.5 Å². The van der Waals surface area contributed by atoms with Gasteiger partial charge in [-0.05, 0) is 37.0 Å². The molecular weight excluding hydrogens is 240 g/mol. The number of nitrogens with two attached hydrogens (primary N) is 1. The summed E-state index contributed by atoms with van der Waals surface area (Å²) in [5.74, 6) is 0. The van der Waals surface area contributed by atoms with Gasteiger partial charge in [-0.2, -0.15) is 0 Å². The van der Waals surface area contributed by atoms with Crippen LogP contribution in [0.5, 0.6) is 0 Å². The molecule has 1 aliphatic carbocycles. The van der Waals surface area contributed by atoms with Crippen molar-refractivity contribution in [2.24, 2.45) is 5.73 Å². The molecular formula is C15H14N2S. The first-order valence-electron chi connectivity index (χ1n) is 6.37. The van der Waals surface area contributed by atoms with Gasteiger partial charge in [-0.25, -0.2) is 4.98 Å². The van der Waals surface area contributed by atoms with Crippen LogP contribution in [0.15, 0.2) is 30.3 Å². The van der Waals surface area contributed by atoms with E-state index >= 15 is 0 Å². The predicted molar refractivity (Wildman–Crippen MR) is 77.1 cm³/mol. The highest BCUT2D eigenvalue weighted by atomic mass is 32.1. The molecule has 0 saturated carbocycles. The second-order valence-electron chi connectivity index (χ2n) is 5.04. The number of hydrogen-bond donors (Lipinski definition) is 1. The third kappa shape index (κ3) is 1.48. The summed E-state index contributed by atoms with van der Waals surface area (Å²) in [5, 5.41) is 2.58. The summed E-state index contributed by atoms with van der Waals surface area (Å²) >= 11 is 1.83. The number of benzene rings is 1. The van der Waals surface area contributed by atoms with Gasteiger partial charge in [0.05, 0.1) is 5.52 Å². The van der Waals surface area contributed by atoms with Gasteiger partial charge in [0.15, 0.2) is 0 Å².